The fourth-order valence-electron chi connectivity index (χ4n) is 5.49. The highest BCUT2D eigenvalue weighted by molar-refractivity contribution is 5.87. The number of halogens is 3. The zero-order chi connectivity index (χ0) is 26.0. The van der Waals surface area contributed by atoms with Gasteiger partial charge in [-0.1, -0.05) is 24.3 Å². The predicted octanol–water partition coefficient (Wildman–Crippen LogP) is 5.00. The highest BCUT2D eigenvalue weighted by Crippen LogP contribution is 2.43. The lowest BCUT2D eigenvalue weighted by atomic mass is 9.84. The molecular formula is C29H30F3N3O2. The number of aromatic nitrogens is 1. The molecule has 3 aromatic rings. The lowest BCUT2D eigenvalue weighted by Gasteiger charge is -2.39. The minimum atomic E-state index is -0.640. The standard InChI is InChI=1S/C29H30F3N3O2/c1-34(28(36)27(20-3-7-23(30)8-4-20)21-5-9-24(31)10-6-21)13-2-14-35-15-11-29(12-16-35)25-18-33-26(32)17-22(25)19-37-29/h3-10,17-18,27H,2,11-16,19H2,1H3. The third-order valence-electron chi connectivity index (χ3n) is 7.61. The molecule has 0 aliphatic carbocycles. The van der Waals surface area contributed by atoms with Crippen molar-refractivity contribution < 1.29 is 22.7 Å². The van der Waals surface area contributed by atoms with E-state index in [0.717, 1.165) is 50.0 Å². The van der Waals surface area contributed by atoms with Crippen molar-refractivity contribution in [2.75, 3.05) is 33.2 Å². The minimum Gasteiger partial charge on any atom is -0.365 e. The van der Waals surface area contributed by atoms with Crippen LogP contribution in [0.2, 0.25) is 0 Å². The van der Waals surface area contributed by atoms with Crippen molar-refractivity contribution in [3.05, 3.63) is 101 Å². The zero-order valence-electron chi connectivity index (χ0n) is 20.8. The molecule has 0 saturated carbocycles. The van der Waals surface area contributed by atoms with Gasteiger partial charge in [-0.2, -0.15) is 4.39 Å². The molecule has 0 bridgehead atoms. The second-order valence-corrected chi connectivity index (χ2v) is 9.94. The van der Waals surface area contributed by atoms with Crippen LogP contribution in [0.25, 0.3) is 0 Å². The Balaban J connectivity index is 1.17. The molecule has 0 N–H and O–H groups in total. The number of hydrogen-bond donors (Lipinski definition) is 0. The van der Waals surface area contributed by atoms with Crippen LogP contribution in [0.1, 0.15) is 47.4 Å². The summed E-state index contributed by atoms with van der Waals surface area (Å²) < 4.78 is 46.6. The summed E-state index contributed by atoms with van der Waals surface area (Å²) in [5.41, 5.74) is 2.84. The van der Waals surface area contributed by atoms with E-state index in [1.54, 1.807) is 42.4 Å². The Kier molecular flexibility index (Phi) is 7.31. The van der Waals surface area contributed by atoms with Gasteiger partial charge < -0.3 is 14.5 Å². The number of fused-ring (bicyclic) bond motifs is 2. The second-order valence-electron chi connectivity index (χ2n) is 9.94. The Labute approximate surface area is 214 Å². The largest absolute Gasteiger partial charge is 0.365 e. The first-order chi connectivity index (χ1) is 17.8. The number of pyridine rings is 1. The average molecular weight is 510 g/mol. The summed E-state index contributed by atoms with van der Waals surface area (Å²) in [6.45, 7) is 3.51. The molecule has 5 rings (SSSR count). The summed E-state index contributed by atoms with van der Waals surface area (Å²) in [6.07, 6.45) is 4.05. The number of rotatable bonds is 7. The van der Waals surface area contributed by atoms with E-state index < -0.39 is 11.9 Å². The number of likely N-dealkylation sites (N-methyl/N-ethyl adjacent to an activating group) is 1. The molecule has 5 nitrogen and oxygen atoms in total. The van der Waals surface area contributed by atoms with Crippen LogP contribution in [0, 0.1) is 17.6 Å². The van der Waals surface area contributed by atoms with E-state index in [-0.39, 0.29) is 23.1 Å². The molecule has 3 heterocycles. The van der Waals surface area contributed by atoms with Crippen LogP contribution in [-0.2, 0) is 21.7 Å². The maximum Gasteiger partial charge on any atom is 0.234 e. The molecule has 0 radical (unpaired) electrons. The number of likely N-dealkylation sites (tertiary alicyclic amines) is 1. The average Bonchev–Trinajstić information content (AvgIpc) is 3.24. The molecular weight excluding hydrogens is 479 g/mol. The van der Waals surface area contributed by atoms with Crippen LogP contribution in [-0.4, -0.2) is 53.9 Å². The number of benzene rings is 2. The van der Waals surface area contributed by atoms with Crippen molar-refractivity contribution in [3.63, 3.8) is 0 Å². The topological polar surface area (TPSA) is 45.7 Å². The van der Waals surface area contributed by atoms with Crippen LogP contribution in [0.15, 0.2) is 60.8 Å². The minimum absolute atomic E-state index is 0.119. The van der Waals surface area contributed by atoms with Crippen molar-refractivity contribution in [2.24, 2.45) is 0 Å². The summed E-state index contributed by atoms with van der Waals surface area (Å²) in [5.74, 6) is -1.98. The fraction of sp³-hybridized carbons (Fsp3) is 0.379. The number of carbonyl (C=O) groups is 1. The maximum absolute atomic E-state index is 13.5. The SMILES string of the molecule is CN(CCCN1CCC2(CC1)OCc1cc(F)ncc12)C(=O)C(c1ccc(F)cc1)c1ccc(F)cc1. The fourth-order valence-corrected chi connectivity index (χ4v) is 5.49. The lowest BCUT2D eigenvalue weighted by Crippen LogP contribution is -2.43. The normalized spacial score (nSPS) is 16.8. The third kappa shape index (κ3) is 5.40. The van der Waals surface area contributed by atoms with E-state index in [4.69, 9.17) is 4.74 Å². The Bertz CT molecular complexity index is 1200. The van der Waals surface area contributed by atoms with Gasteiger partial charge in [0.25, 0.3) is 0 Å². The molecule has 8 heteroatoms. The molecule has 194 valence electrons. The molecule has 2 aliphatic heterocycles. The van der Waals surface area contributed by atoms with E-state index in [9.17, 15) is 18.0 Å². The molecule has 0 unspecified atom stereocenters. The first-order valence-electron chi connectivity index (χ1n) is 12.6. The number of piperidine rings is 1. The van der Waals surface area contributed by atoms with Crippen LogP contribution < -0.4 is 0 Å². The van der Waals surface area contributed by atoms with E-state index in [2.05, 4.69) is 9.88 Å². The van der Waals surface area contributed by atoms with Gasteiger partial charge >= 0.3 is 0 Å². The number of nitrogens with zero attached hydrogens (tertiary/aromatic N) is 3. The highest BCUT2D eigenvalue weighted by Gasteiger charge is 2.43. The Morgan fingerprint density at radius 2 is 1.62 bits per heavy atom. The van der Waals surface area contributed by atoms with E-state index in [0.29, 0.717) is 24.3 Å². The van der Waals surface area contributed by atoms with E-state index in [1.807, 2.05) is 0 Å². The second kappa shape index (κ2) is 10.6. The summed E-state index contributed by atoms with van der Waals surface area (Å²) >= 11 is 0. The molecule has 1 spiro atoms. The van der Waals surface area contributed by atoms with Gasteiger partial charge in [0.15, 0.2) is 0 Å². The summed E-state index contributed by atoms with van der Waals surface area (Å²) in [4.78, 5) is 21.4. The zero-order valence-corrected chi connectivity index (χ0v) is 20.8. The van der Waals surface area contributed by atoms with Crippen molar-refractivity contribution >= 4 is 5.91 Å². The van der Waals surface area contributed by atoms with Gasteiger partial charge in [0.1, 0.15) is 11.6 Å². The first kappa shape index (κ1) is 25.4. The predicted molar refractivity (Wildman–Crippen MR) is 133 cm³/mol. The molecule has 1 fully saturated rings. The molecule has 37 heavy (non-hydrogen) atoms. The van der Waals surface area contributed by atoms with Crippen molar-refractivity contribution in [3.8, 4) is 0 Å². The Hall–Kier alpha value is -3.23. The molecule has 1 aromatic heterocycles. The summed E-state index contributed by atoms with van der Waals surface area (Å²) in [7, 11) is 1.77. The smallest absolute Gasteiger partial charge is 0.234 e. The molecule has 1 amide bonds. The van der Waals surface area contributed by atoms with Gasteiger partial charge in [0.2, 0.25) is 11.9 Å². The molecule has 2 aromatic carbocycles. The highest BCUT2D eigenvalue weighted by atomic mass is 19.1. The maximum atomic E-state index is 13.5. The van der Waals surface area contributed by atoms with Crippen LogP contribution >= 0.6 is 0 Å². The number of hydrogen-bond acceptors (Lipinski definition) is 4. The first-order valence-corrected chi connectivity index (χ1v) is 12.6. The van der Waals surface area contributed by atoms with Gasteiger partial charge in [-0.15, -0.1) is 0 Å². The summed E-state index contributed by atoms with van der Waals surface area (Å²) in [6, 6.07) is 13.2. The van der Waals surface area contributed by atoms with Gasteiger partial charge in [-0.05, 0) is 72.8 Å². The van der Waals surface area contributed by atoms with Crippen LogP contribution in [0.5, 0.6) is 0 Å². The lowest BCUT2D eigenvalue weighted by molar-refractivity contribution is -0.130. The van der Waals surface area contributed by atoms with Crippen LogP contribution in [0.4, 0.5) is 13.2 Å². The Morgan fingerprint density at radius 1 is 1.03 bits per heavy atom. The van der Waals surface area contributed by atoms with Crippen LogP contribution in [0.3, 0.4) is 0 Å². The van der Waals surface area contributed by atoms with Gasteiger partial charge in [0.05, 0.1) is 18.1 Å². The Morgan fingerprint density at radius 3 is 2.22 bits per heavy atom. The molecule has 1 saturated heterocycles. The number of ether oxygens (including phenoxy) is 1. The summed E-state index contributed by atoms with van der Waals surface area (Å²) in [5, 5.41) is 0. The third-order valence-corrected chi connectivity index (χ3v) is 7.61. The van der Waals surface area contributed by atoms with Gasteiger partial charge in [-0.3, -0.25) is 4.79 Å². The van der Waals surface area contributed by atoms with Crippen molar-refractivity contribution in [1.29, 1.82) is 0 Å². The molecule has 0 atom stereocenters. The molecule has 2 aliphatic rings. The number of carbonyl (C=O) groups excluding carboxylic acids is 1. The van der Waals surface area contributed by atoms with Gasteiger partial charge in [0, 0.05) is 38.4 Å². The number of amides is 1. The van der Waals surface area contributed by atoms with Gasteiger partial charge in [-0.25, -0.2) is 13.8 Å². The van der Waals surface area contributed by atoms with Crippen molar-refractivity contribution in [2.45, 2.75) is 37.4 Å². The van der Waals surface area contributed by atoms with E-state index in [1.165, 1.54) is 30.3 Å². The monoisotopic (exact) mass is 509 g/mol. The quantitative estimate of drug-likeness (QED) is 0.421. The van der Waals surface area contributed by atoms with Crippen molar-refractivity contribution in [1.82, 2.24) is 14.8 Å². The van der Waals surface area contributed by atoms with E-state index >= 15 is 0 Å².